The number of fused-ring (bicyclic) bond motifs is 1. The van der Waals surface area contributed by atoms with Crippen LogP contribution in [0.3, 0.4) is 0 Å². The Balaban J connectivity index is 1.79. The number of amides is 1. The fourth-order valence-corrected chi connectivity index (χ4v) is 4.89. The predicted molar refractivity (Wildman–Crippen MR) is 119 cm³/mol. The maximum absolute atomic E-state index is 12.9. The summed E-state index contributed by atoms with van der Waals surface area (Å²) in [5, 5.41) is 3.45. The molecule has 0 aromatic carbocycles. The molecule has 1 saturated carbocycles. The minimum atomic E-state index is -4.29. The summed E-state index contributed by atoms with van der Waals surface area (Å²) in [6.07, 6.45) is -3.72. The Bertz CT molecular complexity index is 963. The lowest BCUT2D eigenvalue weighted by Gasteiger charge is -2.26. The zero-order chi connectivity index (χ0) is 24.4. The second kappa shape index (κ2) is 9.98. The topological polar surface area (TPSA) is 85.8 Å². The van der Waals surface area contributed by atoms with Crippen molar-refractivity contribution in [2.45, 2.75) is 70.0 Å². The summed E-state index contributed by atoms with van der Waals surface area (Å²) in [7, 11) is 3.35. The first-order valence-corrected chi connectivity index (χ1v) is 11.3. The summed E-state index contributed by atoms with van der Waals surface area (Å²) in [6, 6.07) is 1.09. The molecule has 0 unspecified atom stereocenters. The lowest BCUT2D eigenvalue weighted by Crippen LogP contribution is -2.44. The van der Waals surface area contributed by atoms with Crippen LogP contribution in [0.15, 0.2) is 12.4 Å². The highest BCUT2D eigenvalue weighted by Crippen LogP contribution is 2.36. The number of methoxy groups -OCH3 is 1. The van der Waals surface area contributed by atoms with Gasteiger partial charge in [0.15, 0.2) is 0 Å². The van der Waals surface area contributed by atoms with Crippen molar-refractivity contribution in [3.05, 3.63) is 17.3 Å². The fraction of sp³-hybridized carbons (Fsp3) is 0.667. The van der Waals surface area contributed by atoms with E-state index in [1.54, 1.807) is 20.8 Å². The molecule has 3 atom stereocenters. The third kappa shape index (κ3) is 6.90. The third-order valence-electron chi connectivity index (χ3n) is 5.20. The monoisotopic (exact) mass is 490 g/mol. The van der Waals surface area contributed by atoms with Gasteiger partial charge in [0.25, 0.3) is 0 Å². The molecule has 2 aromatic heterocycles. The SMILES string of the molecule is COCO[C@@H]1C[C@@H](N(C)c2ncnc3sc(CC(F)(F)F)cc23)C[C@H]1NC(=O)OC(C)(C)C. The van der Waals surface area contributed by atoms with Crippen LogP contribution in [0.1, 0.15) is 38.5 Å². The smallest absolute Gasteiger partial charge is 0.407 e. The molecule has 0 aliphatic heterocycles. The fourth-order valence-electron chi connectivity index (χ4n) is 3.87. The third-order valence-corrected chi connectivity index (χ3v) is 6.24. The molecule has 3 rings (SSSR count). The van der Waals surface area contributed by atoms with Gasteiger partial charge in [0.1, 0.15) is 29.4 Å². The van der Waals surface area contributed by atoms with Crippen LogP contribution >= 0.6 is 11.3 Å². The first-order chi connectivity index (χ1) is 15.4. The van der Waals surface area contributed by atoms with E-state index in [0.717, 1.165) is 11.3 Å². The van der Waals surface area contributed by atoms with Crippen molar-refractivity contribution in [2.24, 2.45) is 0 Å². The van der Waals surface area contributed by atoms with Gasteiger partial charge in [-0.1, -0.05) is 0 Å². The minimum Gasteiger partial charge on any atom is -0.444 e. The number of nitrogens with zero attached hydrogens (tertiary/aromatic N) is 3. The van der Waals surface area contributed by atoms with Crippen LogP contribution in [0, 0.1) is 0 Å². The molecule has 8 nitrogen and oxygen atoms in total. The standard InChI is InChI=1S/C21H29F3N4O4S/c1-20(2,3)32-19(29)27-15-6-12(7-16(15)31-11-30-5)28(4)17-14-8-13(9-21(22,23)24)33-18(14)26-10-25-17/h8,10,12,15-16H,6-7,9,11H2,1-5H3,(H,27,29)/t12-,15+,16+/m0/s1. The van der Waals surface area contributed by atoms with Crippen LogP contribution in [0.2, 0.25) is 0 Å². The molecule has 1 N–H and O–H groups in total. The van der Waals surface area contributed by atoms with Gasteiger partial charge in [-0.3, -0.25) is 0 Å². The average Bonchev–Trinajstić information content (AvgIpc) is 3.25. The second-order valence-corrected chi connectivity index (χ2v) is 10.1. The Labute approximate surface area is 194 Å². The predicted octanol–water partition coefficient (Wildman–Crippen LogP) is 4.28. The number of nitrogens with one attached hydrogen (secondary N) is 1. The molecule has 1 amide bonds. The van der Waals surface area contributed by atoms with Crippen LogP contribution in [0.5, 0.6) is 0 Å². The highest BCUT2D eigenvalue weighted by Gasteiger charge is 2.39. The van der Waals surface area contributed by atoms with E-state index in [9.17, 15) is 18.0 Å². The lowest BCUT2D eigenvalue weighted by molar-refractivity contribution is -0.126. The van der Waals surface area contributed by atoms with Crippen molar-refractivity contribution in [2.75, 3.05) is 25.9 Å². The van der Waals surface area contributed by atoms with Crippen LogP contribution in [0.4, 0.5) is 23.8 Å². The van der Waals surface area contributed by atoms with Gasteiger partial charge >= 0.3 is 12.3 Å². The van der Waals surface area contributed by atoms with Gasteiger partial charge in [0.2, 0.25) is 0 Å². The van der Waals surface area contributed by atoms with E-state index in [2.05, 4.69) is 15.3 Å². The van der Waals surface area contributed by atoms with E-state index in [0.29, 0.717) is 28.9 Å². The van der Waals surface area contributed by atoms with Crippen molar-refractivity contribution < 1.29 is 32.2 Å². The summed E-state index contributed by atoms with van der Waals surface area (Å²) in [5.74, 6) is 0.540. The van der Waals surface area contributed by atoms with Gasteiger partial charge in [-0.25, -0.2) is 14.8 Å². The number of alkyl halides is 3. The van der Waals surface area contributed by atoms with Gasteiger partial charge < -0.3 is 24.4 Å². The molecule has 12 heteroatoms. The molecule has 33 heavy (non-hydrogen) atoms. The second-order valence-electron chi connectivity index (χ2n) is 9.02. The largest absolute Gasteiger partial charge is 0.444 e. The van der Waals surface area contributed by atoms with Crippen molar-refractivity contribution in [1.29, 1.82) is 0 Å². The number of carbonyl (C=O) groups excluding carboxylic acids is 1. The number of rotatable bonds is 7. The molecule has 0 bridgehead atoms. The molecule has 1 aliphatic rings. The lowest BCUT2D eigenvalue weighted by atomic mass is 10.2. The van der Waals surface area contributed by atoms with Crippen LogP contribution in [-0.4, -0.2) is 67.0 Å². The van der Waals surface area contributed by atoms with Gasteiger partial charge in [-0.15, -0.1) is 11.3 Å². The van der Waals surface area contributed by atoms with E-state index in [4.69, 9.17) is 14.2 Å². The first kappa shape index (κ1) is 25.4. The Morgan fingerprint density at radius 1 is 1.27 bits per heavy atom. The summed E-state index contributed by atoms with van der Waals surface area (Å²) < 4.78 is 54.8. The Morgan fingerprint density at radius 3 is 2.64 bits per heavy atom. The van der Waals surface area contributed by atoms with Gasteiger partial charge in [0, 0.05) is 25.1 Å². The number of aromatic nitrogens is 2. The number of hydrogen-bond acceptors (Lipinski definition) is 8. The summed E-state index contributed by atoms with van der Waals surface area (Å²) in [4.78, 5) is 23.4. The zero-order valence-corrected chi connectivity index (χ0v) is 20.0. The number of alkyl carbamates (subject to hydrolysis) is 1. The first-order valence-electron chi connectivity index (χ1n) is 10.5. The van der Waals surface area contributed by atoms with E-state index >= 15 is 0 Å². The minimum absolute atomic E-state index is 0.0662. The quantitative estimate of drug-likeness (QED) is 0.580. The normalized spacial score (nSPS) is 21.4. The van der Waals surface area contributed by atoms with Crippen LogP contribution in [-0.2, 0) is 20.6 Å². The molecule has 2 heterocycles. The van der Waals surface area contributed by atoms with Crippen LogP contribution in [0.25, 0.3) is 10.2 Å². The number of thiophene rings is 1. The molecule has 0 saturated heterocycles. The summed E-state index contributed by atoms with van der Waals surface area (Å²) in [5.41, 5.74) is -0.637. The molecule has 1 aliphatic carbocycles. The van der Waals surface area contributed by atoms with Crippen molar-refractivity contribution in [1.82, 2.24) is 15.3 Å². The maximum Gasteiger partial charge on any atom is 0.407 e. The van der Waals surface area contributed by atoms with Crippen molar-refractivity contribution in [3.8, 4) is 0 Å². The van der Waals surface area contributed by atoms with E-state index in [1.807, 2.05) is 11.9 Å². The van der Waals surface area contributed by atoms with E-state index in [1.165, 1.54) is 19.5 Å². The molecular weight excluding hydrogens is 461 g/mol. The van der Waals surface area contributed by atoms with Crippen LogP contribution < -0.4 is 10.2 Å². The number of carbonyl (C=O) groups is 1. The summed E-state index contributed by atoms with van der Waals surface area (Å²) in [6.45, 7) is 5.41. The highest BCUT2D eigenvalue weighted by atomic mass is 32.1. The highest BCUT2D eigenvalue weighted by molar-refractivity contribution is 7.18. The molecule has 1 fully saturated rings. The van der Waals surface area contributed by atoms with Gasteiger partial charge in [-0.2, -0.15) is 13.2 Å². The molecular formula is C21H29F3N4O4S. The maximum atomic E-state index is 12.9. The Morgan fingerprint density at radius 2 is 2.00 bits per heavy atom. The Kier molecular flexibility index (Phi) is 7.69. The molecule has 2 aromatic rings. The average molecular weight is 491 g/mol. The molecule has 184 valence electrons. The van der Waals surface area contributed by atoms with Gasteiger partial charge in [-0.05, 0) is 39.7 Å². The summed E-state index contributed by atoms with van der Waals surface area (Å²) >= 11 is 1.01. The van der Waals surface area contributed by atoms with E-state index in [-0.39, 0.29) is 29.9 Å². The number of hydrogen-bond donors (Lipinski definition) is 1. The Hall–Kier alpha value is -2.18. The number of ether oxygens (including phenoxy) is 3. The molecule has 0 radical (unpaired) electrons. The number of anilines is 1. The van der Waals surface area contributed by atoms with Gasteiger partial charge in [0.05, 0.1) is 24.0 Å². The van der Waals surface area contributed by atoms with E-state index < -0.39 is 24.3 Å². The van der Waals surface area contributed by atoms with Crippen molar-refractivity contribution in [3.63, 3.8) is 0 Å². The zero-order valence-electron chi connectivity index (χ0n) is 19.2. The number of halogens is 3. The van der Waals surface area contributed by atoms with Crippen molar-refractivity contribution >= 4 is 33.5 Å². The molecule has 0 spiro atoms.